The first-order valence-electron chi connectivity index (χ1n) is 6.74. The van der Waals surface area contributed by atoms with Crippen LogP contribution in [0.2, 0.25) is 0 Å². The molecule has 0 unspecified atom stereocenters. The highest BCUT2D eigenvalue weighted by Crippen LogP contribution is 2.37. The van der Waals surface area contributed by atoms with E-state index in [2.05, 4.69) is 6.92 Å². The van der Waals surface area contributed by atoms with Crippen LogP contribution in [0.25, 0.3) is 0 Å². The molecular formula is C19H15O2. The Labute approximate surface area is 124 Å². The van der Waals surface area contributed by atoms with E-state index in [-0.39, 0.29) is 0 Å². The van der Waals surface area contributed by atoms with Crippen molar-refractivity contribution >= 4 is 0 Å². The molecule has 2 nitrogen and oxygen atoms in total. The predicted molar refractivity (Wildman–Crippen MR) is 83.9 cm³/mol. The smallest absolute Gasteiger partial charge is 0.173 e. The average molecular weight is 275 g/mol. The van der Waals surface area contributed by atoms with Gasteiger partial charge >= 0.3 is 0 Å². The zero-order chi connectivity index (χ0) is 14.5. The maximum Gasteiger partial charge on any atom is 0.173 e. The van der Waals surface area contributed by atoms with Gasteiger partial charge in [-0.15, -0.1) is 0 Å². The summed E-state index contributed by atoms with van der Waals surface area (Å²) in [6.45, 7) is 4.01. The molecule has 0 heterocycles. The number of benzene rings is 3. The van der Waals surface area contributed by atoms with E-state index in [1.165, 1.54) is 0 Å². The van der Waals surface area contributed by atoms with Gasteiger partial charge in [0.2, 0.25) is 0 Å². The first-order chi connectivity index (χ1) is 10.3. The van der Waals surface area contributed by atoms with Crippen LogP contribution in [0, 0.1) is 6.92 Å². The second-order valence-electron chi connectivity index (χ2n) is 4.57. The second kappa shape index (κ2) is 6.14. The van der Waals surface area contributed by atoms with Gasteiger partial charge in [0, 0.05) is 0 Å². The summed E-state index contributed by atoms with van der Waals surface area (Å²) >= 11 is 0. The molecule has 0 aromatic heterocycles. The van der Waals surface area contributed by atoms with E-state index < -0.39 is 0 Å². The highest BCUT2D eigenvalue weighted by atomic mass is 16.5. The van der Waals surface area contributed by atoms with Crippen molar-refractivity contribution in [2.24, 2.45) is 0 Å². The van der Waals surface area contributed by atoms with E-state index in [0.29, 0.717) is 11.5 Å². The fourth-order valence-corrected chi connectivity index (χ4v) is 1.98. The van der Waals surface area contributed by atoms with Crippen LogP contribution in [0.5, 0.6) is 23.0 Å². The average Bonchev–Trinajstić information content (AvgIpc) is 2.53. The minimum atomic E-state index is 0.632. The summed E-state index contributed by atoms with van der Waals surface area (Å²) in [5.74, 6) is 2.80. The van der Waals surface area contributed by atoms with Gasteiger partial charge in [-0.25, -0.2) is 0 Å². The molecule has 1 radical (unpaired) electrons. The highest BCUT2D eigenvalue weighted by Gasteiger charge is 2.10. The lowest BCUT2D eigenvalue weighted by molar-refractivity contribution is 0.417. The minimum absolute atomic E-state index is 0.632. The standard InChI is InChI=1S/C19H15O2/c1-15-9-8-14-18(20-16-10-4-2-5-11-16)19(15)21-17-12-6-3-7-13-17/h2-14H,1H2. The van der Waals surface area contributed by atoms with E-state index in [0.717, 1.165) is 17.1 Å². The van der Waals surface area contributed by atoms with Crippen molar-refractivity contribution < 1.29 is 9.47 Å². The van der Waals surface area contributed by atoms with Crippen LogP contribution in [0.4, 0.5) is 0 Å². The summed E-state index contributed by atoms with van der Waals surface area (Å²) in [4.78, 5) is 0. The lowest BCUT2D eigenvalue weighted by Gasteiger charge is -2.14. The van der Waals surface area contributed by atoms with Crippen LogP contribution in [0.3, 0.4) is 0 Å². The van der Waals surface area contributed by atoms with E-state index in [1.54, 1.807) is 0 Å². The van der Waals surface area contributed by atoms with Crippen LogP contribution >= 0.6 is 0 Å². The quantitative estimate of drug-likeness (QED) is 0.630. The molecule has 0 fully saturated rings. The van der Waals surface area contributed by atoms with Gasteiger partial charge < -0.3 is 9.47 Å². The molecule has 0 spiro atoms. The number of rotatable bonds is 4. The molecule has 0 aliphatic rings. The Bertz CT molecular complexity index is 706. The molecule has 3 aromatic carbocycles. The minimum Gasteiger partial charge on any atom is -0.453 e. The Kier molecular flexibility index (Phi) is 3.88. The topological polar surface area (TPSA) is 18.5 Å². The number of hydrogen-bond acceptors (Lipinski definition) is 2. The third-order valence-corrected chi connectivity index (χ3v) is 2.99. The normalized spacial score (nSPS) is 10.1. The van der Waals surface area contributed by atoms with E-state index in [1.807, 2.05) is 78.9 Å². The molecule has 21 heavy (non-hydrogen) atoms. The molecular weight excluding hydrogens is 260 g/mol. The SMILES string of the molecule is [CH2]c1cccc(Oc2ccccc2)c1Oc1ccccc1. The first-order valence-corrected chi connectivity index (χ1v) is 6.74. The molecule has 0 amide bonds. The van der Waals surface area contributed by atoms with Crippen LogP contribution in [0.1, 0.15) is 5.56 Å². The van der Waals surface area contributed by atoms with Gasteiger partial charge in [0.15, 0.2) is 11.5 Å². The molecule has 0 aliphatic carbocycles. The Morgan fingerprint density at radius 1 is 0.571 bits per heavy atom. The fourth-order valence-electron chi connectivity index (χ4n) is 1.98. The summed E-state index contributed by atoms with van der Waals surface area (Å²) in [7, 11) is 0. The largest absolute Gasteiger partial charge is 0.453 e. The highest BCUT2D eigenvalue weighted by molar-refractivity contribution is 5.51. The van der Waals surface area contributed by atoms with Gasteiger partial charge in [-0.2, -0.15) is 0 Å². The zero-order valence-electron chi connectivity index (χ0n) is 11.5. The molecule has 3 rings (SSSR count). The van der Waals surface area contributed by atoms with Crippen LogP contribution in [-0.4, -0.2) is 0 Å². The molecule has 0 N–H and O–H groups in total. The van der Waals surface area contributed by atoms with E-state index >= 15 is 0 Å². The number of ether oxygens (including phenoxy) is 2. The van der Waals surface area contributed by atoms with Gasteiger partial charge in [-0.3, -0.25) is 0 Å². The zero-order valence-corrected chi connectivity index (χ0v) is 11.5. The van der Waals surface area contributed by atoms with Crippen molar-refractivity contribution in [2.75, 3.05) is 0 Å². The van der Waals surface area contributed by atoms with Crippen LogP contribution < -0.4 is 9.47 Å². The fraction of sp³-hybridized carbons (Fsp3) is 0. The van der Waals surface area contributed by atoms with Crippen LogP contribution in [-0.2, 0) is 0 Å². The van der Waals surface area contributed by atoms with E-state index in [4.69, 9.17) is 9.47 Å². The number of para-hydroxylation sites is 3. The van der Waals surface area contributed by atoms with Crippen molar-refractivity contribution in [1.82, 2.24) is 0 Å². The Morgan fingerprint density at radius 3 is 1.76 bits per heavy atom. The molecule has 0 saturated carbocycles. The van der Waals surface area contributed by atoms with Gasteiger partial charge in [-0.1, -0.05) is 48.5 Å². The molecule has 2 heteroatoms. The van der Waals surface area contributed by atoms with Crippen molar-refractivity contribution in [3.8, 4) is 23.0 Å². The molecule has 0 atom stereocenters. The predicted octanol–water partition coefficient (Wildman–Crippen LogP) is 5.45. The summed E-state index contributed by atoms with van der Waals surface area (Å²) in [5, 5.41) is 0. The van der Waals surface area contributed by atoms with Gasteiger partial charge in [0.05, 0.1) is 0 Å². The van der Waals surface area contributed by atoms with Crippen molar-refractivity contribution in [3.63, 3.8) is 0 Å². The Hall–Kier alpha value is -2.74. The summed E-state index contributed by atoms with van der Waals surface area (Å²) in [6, 6.07) is 24.9. The Balaban J connectivity index is 1.92. The maximum absolute atomic E-state index is 5.92. The van der Waals surface area contributed by atoms with Gasteiger partial charge in [-0.05, 0) is 42.8 Å². The monoisotopic (exact) mass is 275 g/mol. The van der Waals surface area contributed by atoms with Crippen molar-refractivity contribution in [1.29, 1.82) is 0 Å². The maximum atomic E-state index is 5.92. The first kappa shape index (κ1) is 13.3. The van der Waals surface area contributed by atoms with Crippen molar-refractivity contribution in [2.45, 2.75) is 0 Å². The third-order valence-electron chi connectivity index (χ3n) is 2.99. The van der Waals surface area contributed by atoms with Crippen LogP contribution in [0.15, 0.2) is 78.9 Å². The van der Waals surface area contributed by atoms with Gasteiger partial charge in [0.1, 0.15) is 11.5 Å². The summed E-state index contributed by atoms with van der Waals surface area (Å²) < 4.78 is 11.8. The molecule has 103 valence electrons. The van der Waals surface area contributed by atoms with Gasteiger partial charge in [0.25, 0.3) is 0 Å². The van der Waals surface area contributed by atoms with Crippen molar-refractivity contribution in [3.05, 3.63) is 91.3 Å². The lowest BCUT2D eigenvalue weighted by atomic mass is 10.2. The lowest BCUT2D eigenvalue weighted by Crippen LogP contribution is -1.92. The Morgan fingerprint density at radius 2 is 1.14 bits per heavy atom. The summed E-state index contributed by atoms with van der Waals surface area (Å²) in [6.07, 6.45) is 0. The molecule has 0 bridgehead atoms. The number of hydrogen-bond donors (Lipinski definition) is 0. The molecule has 3 aromatic rings. The molecule has 0 aliphatic heterocycles. The van der Waals surface area contributed by atoms with E-state index in [9.17, 15) is 0 Å². The molecule has 0 saturated heterocycles. The third kappa shape index (κ3) is 3.23. The summed E-state index contributed by atoms with van der Waals surface area (Å²) in [5.41, 5.74) is 0.785. The second-order valence-corrected chi connectivity index (χ2v) is 4.57.